The summed E-state index contributed by atoms with van der Waals surface area (Å²) in [7, 11) is 1.30. The largest absolute Gasteiger partial charge is 0.481 e. The van der Waals surface area contributed by atoms with Crippen LogP contribution in [0.25, 0.3) is 0 Å². The summed E-state index contributed by atoms with van der Waals surface area (Å²) in [6, 6.07) is 0. The van der Waals surface area contributed by atoms with Gasteiger partial charge in [-0.2, -0.15) is 0 Å². The summed E-state index contributed by atoms with van der Waals surface area (Å²) in [5.74, 6) is -2.17. The van der Waals surface area contributed by atoms with Gasteiger partial charge in [-0.1, -0.05) is 6.42 Å². The molecule has 2 aliphatic rings. The number of ketones is 1. The number of likely N-dealkylation sites (tertiary alicyclic amines) is 1. The number of carbonyl (C=O) groups excluding carboxylic acids is 2. The molecule has 0 aromatic rings. The maximum absolute atomic E-state index is 12.3. The first-order valence-corrected chi connectivity index (χ1v) is 6.10. The molecule has 100 valence electrons. The Morgan fingerprint density at radius 1 is 1.44 bits per heavy atom. The zero-order valence-electron chi connectivity index (χ0n) is 10.3. The van der Waals surface area contributed by atoms with Crippen molar-refractivity contribution in [1.29, 1.82) is 0 Å². The molecule has 0 bridgehead atoms. The Morgan fingerprint density at radius 2 is 2.17 bits per heavy atom. The van der Waals surface area contributed by atoms with Crippen LogP contribution in [0.4, 0.5) is 4.79 Å². The van der Waals surface area contributed by atoms with Crippen molar-refractivity contribution in [2.75, 3.05) is 20.2 Å². The minimum absolute atomic E-state index is 0.215. The van der Waals surface area contributed by atoms with Crippen molar-refractivity contribution in [3.8, 4) is 0 Å². The van der Waals surface area contributed by atoms with Gasteiger partial charge >= 0.3 is 12.1 Å². The van der Waals surface area contributed by atoms with Crippen LogP contribution in [-0.4, -0.2) is 48.1 Å². The first-order valence-electron chi connectivity index (χ1n) is 6.10. The van der Waals surface area contributed by atoms with E-state index in [1.54, 1.807) is 0 Å². The molecule has 0 radical (unpaired) electrons. The van der Waals surface area contributed by atoms with Gasteiger partial charge in [0.25, 0.3) is 0 Å². The number of rotatable bonds is 1. The van der Waals surface area contributed by atoms with Crippen LogP contribution < -0.4 is 0 Å². The summed E-state index contributed by atoms with van der Waals surface area (Å²) in [6.45, 7) is 0.757. The van der Waals surface area contributed by atoms with Crippen LogP contribution in [0.5, 0.6) is 0 Å². The maximum atomic E-state index is 12.3. The molecule has 6 nitrogen and oxygen atoms in total. The Hall–Kier alpha value is -1.59. The molecule has 2 rings (SSSR count). The topological polar surface area (TPSA) is 83.9 Å². The normalized spacial score (nSPS) is 31.7. The number of nitrogens with zero attached hydrogens (tertiary/aromatic N) is 1. The second-order valence-corrected chi connectivity index (χ2v) is 5.07. The predicted octanol–water partition coefficient (Wildman–Crippen LogP) is 0.899. The number of carboxylic acid groups (broad SMARTS) is 1. The Labute approximate surface area is 105 Å². The summed E-state index contributed by atoms with van der Waals surface area (Å²) < 4.78 is 4.64. The highest BCUT2D eigenvalue weighted by atomic mass is 16.5. The number of Topliss-reactive ketones (excluding diaryl/α,β-unsaturated/α-hetero) is 1. The molecule has 2 atom stereocenters. The molecule has 2 fully saturated rings. The molecule has 1 aliphatic heterocycles. The number of aliphatic carboxylic acids is 1. The Bertz CT molecular complexity index is 394. The molecule has 1 spiro atoms. The van der Waals surface area contributed by atoms with Gasteiger partial charge < -0.3 is 14.7 Å². The number of methoxy groups -OCH3 is 1. The second kappa shape index (κ2) is 4.59. The highest BCUT2D eigenvalue weighted by Crippen LogP contribution is 2.43. The van der Waals surface area contributed by atoms with Crippen LogP contribution in [0.1, 0.15) is 25.7 Å². The summed E-state index contributed by atoms with van der Waals surface area (Å²) in [6.07, 6.45) is 1.90. The molecule has 0 aromatic heterocycles. The van der Waals surface area contributed by atoms with Gasteiger partial charge in [0.2, 0.25) is 0 Å². The van der Waals surface area contributed by atoms with Crippen LogP contribution >= 0.6 is 0 Å². The molecule has 18 heavy (non-hydrogen) atoms. The lowest BCUT2D eigenvalue weighted by atomic mass is 9.68. The van der Waals surface area contributed by atoms with E-state index in [1.165, 1.54) is 12.0 Å². The highest BCUT2D eigenvalue weighted by Gasteiger charge is 2.51. The lowest BCUT2D eigenvalue weighted by molar-refractivity contribution is -0.152. The number of amides is 1. The molecule has 1 saturated carbocycles. The van der Waals surface area contributed by atoms with Crippen LogP contribution in [0.3, 0.4) is 0 Å². The van der Waals surface area contributed by atoms with E-state index in [1.807, 2.05) is 0 Å². The Kier molecular flexibility index (Phi) is 3.28. The summed E-state index contributed by atoms with van der Waals surface area (Å²) in [4.78, 5) is 36.3. The lowest BCUT2D eigenvalue weighted by Gasteiger charge is -2.34. The van der Waals surface area contributed by atoms with Gasteiger partial charge in [0.1, 0.15) is 5.92 Å². The van der Waals surface area contributed by atoms with Crippen molar-refractivity contribution in [2.45, 2.75) is 25.7 Å². The Balaban J connectivity index is 2.15. The fraction of sp³-hybridized carbons (Fsp3) is 0.750. The van der Waals surface area contributed by atoms with E-state index in [0.29, 0.717) is 32.4 Å². The number of hydrogen-bond acceptors (Lipinski definition) is 4. The first kappa shape index (κ1) is 12.9. The first-order chi connectivity index (χ1) is 8.50. The quantitative estimate of drug-likeness (QED) is 0.704. The third-order valence-corrected chi connectivity index (χ3v) is 4.07. The number of carboxylic acids is 1. The average molecular weight is 255 g/mol. The molecule has 6 heteroatoms. The van der Waals surface area contributed by atoms with E-state index in [9.17, 15) is 14.4 Å². The third-order valence-electron chi connectivity index (χ3n) is 4.07. The van der Waals surface area contributed by atoms with Crippen molar-refractivity contribution < 1.29 is 24.2 Å². The minimum Gasteiger partial charge on any atom is -0.481 e. The fourth-order valence-electron chi connectivity index (χ4n) is 3.07. The van der Waals surface area contributed by atoms with Crippen molar-refractivity contribution in [3.05, 3.63) is 0 Å². The minimum atomic E-state index is -1.05. The van der Waals surface area contributed by atoms with Crippen molar-refractivity contribution >= 4 is 17.8 Å². The lowest BCUT2D eigenvalue weighted by Crippen LogP contribution is -2.45. The molecular formula is C12H17NO5. The van der Waals surface area contributed by atoms with Gasteiger partial charge in [-0.3, -0.25) is 9.59 Å². The van der Waals surface area contributed by atoms with E-state index >= 15 is 0 Å². The van der Waals surface area contributed by atoms with Gasteiger partial charge in [-0.05, 0) is 19.3 Å². The Morgan fingerprint density at radius 3 is 2.78 bits per heavy atom. The molecule has 1 heterocycles. The molecular weight excluding hydrogens is 238 g/mol. The average Bonchev–Trinajstić information content (AvgIpc) is 2.77. The molecule has 1 N–H and O–H groups in total. The molecule has 2 unspecified atom stereocenters. The number of hydrogen-bond donors (Lipinski definition) is 1. The molecule has 1 saturated heterocycles. The van der Waals surface area contributed by atoms with Gasteiger partial charge in [-0.25, -0.2) is 4.79 Å². The van der Waals surface area contributed by atoms with Crippen molar-refractivity contribution in [3.63, 3.8) is 0 Å². The van der Waals surface area contributed by atoms with Gasteiger partial charge in [0.05, 0.1) is 7.11 Å². The highest BCUT2D eigenvalue weighted by molar-refractivity contribution is 6.02. The summed E-state index contributed by atoms with van der Waals surface area (Å²) in [5.41, 5.74) is -0.657. The van der Waals surface area contributed by atoms with Crippen LogP contribution in [0.15, 0.2) is 0 Å². The molecule has 0 aromatic carbocycles. The zero-order valence-corrected chi connectivity index (χ0v) is 10.3. The van der Waals surface area contributed by atoms with E-state index in [4.69, 9.17) is 5.11 Å². The molecule has 1 aliphatic carbocycles. The standard InChI is InChI=1S/C12H17NO5/c1-18-11(17)13-6-5-12(7-13)4-2-3-8(9(12)14)10(15)16/h8H,2-7H2,1H3,(H,15,16). The number of ether oxygens (including phenoxy) is 1. The summed E-state index contributed by atoms with van der Waals surface area (Å²) in [5, 5.41) is 9.05. The van der Waals surface area contributed by atoms with E-state index < -0.39 is 23.4 Å². The van der Waals surface area contributed by atoms with E-state index in [-0.39, 0.29) is 5.78 Å². The van der Waals surface area contributed by atoms with Crippen LogP contribution in [0, 0.1) is 11.3 Å². The van der Waals surface area contributed by atoms with Crippen LogP contribution in [0.2, 0.25) is 0 Å². The predicted molar refractivity (Wildman–Crippen MR) is 61.0 cm³/mol. The second-order valence-electron chi connectivity index (χ2n) is 5.07. The number of carbonyl (C=O) groups is 3. The van der Waals surface area contributed by atoms with Gasteiger partial charge in [0.15, 0.2) is 5.78 Å². The maximum Gasteiger partial charge on any atom is 0.409 e. The van der Waals surface area contributed by atoms with E-state index in [0.717, 1.165) is 6.42 Å². The smallest absolute Gasteiger partial charge is 0.409 e. The van der Waals surface area contributed by atoms with Crippen molar-refractivity contribution in [1.82, 2.24) is 4.90 Å². The fourth-order valence-corrected chi connectivity index (χ4v) is 3.07. The van der Waals surface area contributed by atoms with Crippen molar-refractivity contribution in [2.24, 2.45) is 11.3 Å². The molecule has 1 amide bonds. The van der Waals surface area contributed by atoms with Gasteiger partial charge in [-0.15, -0.1) is 0 Å². The SMILES string of the molecule is COC(=O)N1CCC2(CCCC(C(=O)O)C2=O)C1. The zero-order chi connectivity index (χ0) is 13.3. The van der Waals surface area contributed by atoms with Crippen LogP contribution in [-0.2, 0) is 14.3 Å². The summed E-state index contributed by atoms with van der Waals surface area (Å²) >= 11 is 0. The van der Waals surface area contributed by atoms with Gasteiger partial charge in [0, 0.05) is 18.5 Å². The monoisotopic (exact) mass is 255 g/mol. The van der Waals surface area contributed by atoms with E-state index in [2.05, 4.69) is 4.74 Å². The third kappa shape index (κ3) is 1.95.